The lowest BCUT2D eigenvalue weighted by atomic mass is 10.5. The Morgan fingerprint density at radius 1 is 1.54 bits per heavy atom. The van der Waals surface area contributed by atoms with Crippen molar-refractivity contribution in [1.82, 2.24) is 0 Å². The first-order chi connectivity index (χ1) is 6.13. The van der Waals surface area contributed by atoms with E-state index in [2.05, 4.69) is 6.58 Å². The Hall–Kier alpha value is -0.653. The van der Waals surface area contributed by atoms with E-state index in [1.165, 1.54) is 0 Å². The maximum absolute atomic E-state index is 10.8. The first-order valence-corrected chi connectivity index (χ1v) is 5.78. The van der Waals surface area contributed by atoms with Crippen LogP contribution >= 0.6 is 0 Å². The average Bonchev–Trinajstić information content (AvgIpc) is 2.13. The van der Waals surface area contributed by atoms with Crippen molar-refractivity contribution < 1.29 is 18.4 Å². The number of ether oxygens (including phenoxy) is 1. The number of rotatable bonds is 6. The molecule has 5 heteroatoms. The summed E-state index contributed by atoms with van der Waals surface area (Å²) in [5, 5.41) is 0. The van der Waals surface area contributed by atoms with Crippen LogP contribution in [0, 0.1) is 0 Å². The van der Waals surface area contributed by atoms with E-state index in [4.69, 9.17) is 13.6 Å². The van der Waals surface area contributed by atoms with Gasteiger partial charge in [-0.05, 0) is 6.92 Å². The van der Waals surface area contributed by atoms with Crippen LogP contribution in [0.2, 0.25) is 6.04 Å². The summed E-state index contributed by atoms with van der Waals surface area (Å²) in [6, 6.07) is 0.645. The fraction of sp³-hybridized carbons (Fsp3) is 0.625. The Balaban J connectivity index is 3.77. The summed E-state index contributed by atoms with van der Waals surface area (Å²) in [7, 11) is 1.57. The molecule has 76 valence electrons. The molecule has 0 bridgehead atoms. The SMILES string of the molecule is C=CC(=O)OC(C)C[SiH](OC)OC. The van der Waals surface area contributed by atoms with Gasteiger partial charge in [0.05, 0.1) is 0 Å². The third kappa shape index (κ3) is 5.56. The van der Waals surface area contributed by atoms with E-state index >= 15 is 0 Å². The largest absolute Gasteiger partial charge is 0.460 e. The molecule has 0 amide bonds. The van der Waals surface area contributed by atoms with E-state index in [0.717, 1.165) is 6.08 Å². The predicted molar refractivity (Wildman–Crippen MR) is 51.7 cm³/mol. The second-order valence-corrected chi connectivity index (χ2v) is 4.86. The molecule has 0 aromatic rings. The van der Waals surface area contributed by atoms with Gasteiger partial charge in [0.2, 0.25) is 0 Å². The summed E-state index contributed by atoms with van der Waals surface area (Å²) < 4.78 is 15.1. The van der Waals surface area contributed by atoms with Gasteiger partial charge in [-0.15, -0.1) is 0 Å². The second-order valence-electron chi connectivity index (χ2n) is 2.59. The third-order valence-corrected chi connectivity index (χ3v) is 3.63. The van der Waals surface area contributed by atoms with Crippen LogP contribution in [-0.4, -0.2) is 35.6 Å². The number of carbonyl (C=O) groups excluding carboxylic acids is 1. The molecule has 0 aliphatic heterocycles. The van der Waals surface area contributed by atoms with Crippen molar-refractivity contribution >= 4 is 15.3 Å². The normalized spacial score (nSPS) is 12.6. The first kappa shape index (κ1) is 12.3. The Bertz CT molecular complexity index is 168. The zero-order valence-electron chi connectivity index (χ0n) is 8.28. The van der Waals surface area contributed by atoms with Crippen LogP contribution in [-0.2, 0) is 18.4 Å². The maximum atomic E-state index is 10.8. The zero-order chi connectivity index (χ0) is 10.3. The lowest BCUT2D eigenvalue weighted by Gasteiger charge is -2.16. The van der Waals surface area contributed by atoms with E-state index in [-0.39, 0.29) is 6.10 Å². The van der Waals surface area contributed by atoms with Crippen molar-refractivity contribution in [3.05, 3.63) is 12.7 Å². The summed E-state index contributed by atoms with van der Waals surface area (Å²) in [6.07, 6.45) is 0.967. The highest BCUT2D eigenvalue weighted by atomic mass is 28.3. The van der Waals surface area contributed by atoms with Crippen LogP contribution in [0.1, 0.15) is 6.92 Å². The molecule has 0 aliphatic rings. The third-order valence-electron chi connectivity index (χ3n) is 1.53. The van der Waals surface area contributed by atoms with Gasteiger partial charge in [0.15, 0.2) is 0 Å². The Morgan fingerprint density at radius 3 is 2.46 bits per heavy atom. The van der Waals surface area contributed by atoms with Gasteiger partial charge in [-0.1, -0.05) is 6.58 Å². The molecule has 0 saturated heterocycles. The molecule has 1 atom stereocenters. The van der Waals surface area contributed by atoms with Crippen LogP contribution in [0.15, 0.2) is 12.7 Å². The maximum Gasteiger partial charge on any atom is 0.330 e. The molecule has 0 N–H and O–H groups in total. The molecule has 0 fully saturated rings. The molecule has 0 saturated carbocycles. The molecule has 13 heavy (non-hydrogen) atoms. The Labute approximate surface area is 80.3 Å². The van der Waals surface area contributed by atoms with E-state index in [9.17, 15) is 4.79 Å². The van der Waals surface area contributed by atoms with Gasteiger partial charge < -0.3 is 13.6 Å². The first-order valence-electron chi connectivity index (χ1n) is 4.02. The lowest BCUT2D eigenvalue weighted by Crippen LogP contribution is -2.26. The van der Waals surface area contributed by atoms with Crippen molar-refractivity contribution in [2.45, 2.75) is 19.1 Å². The van der Waals surface area contributed by atoms with Crippen molar-refractivity contribution in [3.8, 4) is 0 Å². The molecular formula is C8H16O4Si. The van der Waals surface area contributed by atoms with Gasteiger partial charge >= 0.3 is 15.3 Å². The molecule has 0 spiro atoms. The Kier molecular flexibility index (Phi) is 6.48. The van der Waals surface area contributed by atoms with Crippen molar-refractivity contribution in [2.24, 2.45) is 0 Å². The van der Waals surface area contributed by atoms with Gasteiger partial charge in [-0.25, -0.2) is 4.79 Å². The molecule has 4 nitrogen and oxygen atoms in total. The van der Waals surface area contributed by atoms with E-state index in [0.29, 0.717) is 6.04 Å². The van der Waals surface area contributed by atoms with Gasteiger partial charge in [0.1, 0.15) is 6.10 Å². The average molecular weight is 204 g/mol. The quantitative estimate of drug-likeness (QED) is 0.361. The lowest BCUT2D eigenvalue weighted by molar-refractivity contribution is -0.141. The number of esters is 1. The highest BCUT2D eigenvalue weighted by Crippen LogP contribution is 2.04. The summed E-state index contributed by atoms with van der Waals surface area (Å²) in [6.45, 7) is 5.11. The minimum Gasteiger partial charge on any atom is -0.460 e. The standard InChI is InChI=1S/C8H16O4Si/c1-5-8(9)12-7(2)6-13(10-3)11-4/h5,7,13H,1,6H2,2-4H3. The number of hydrogen-bond acceptors (Lipinski definition) is 4. The number of carbonyl (C=O) groups is 1. The van der Waals surface area contributed by atoms with Crippen LogP contribution in [0.4, 0.5) is 0 Å². The van der Waals surface area contributed by atoms with E-state index < -0.39 is 15.3 Å². The highest BCUT2D eigenvalue weighted by Gasteiger charge is 2.16. The summed E-state index contributed by atoms with van der Waals surface area (Å²) in [4.78, 5) is 10.8. The fourth-order valence-electron chi connectivity index (χ4n) is 0.854. The molecular weight excluding hydrogens is 188 g/mol. The van der Waals surface area contributed by atoms with Crippen LogP contribution in [0.3, 0.4) is 0 Å². The number of hydrogen-bond donors (Lipinski definition) is 0. The van der Waals surface area contributed by atoms with Gasteiger partial charge in [0, 0.05) is 26.3 Å². The smallest absolute Gasteiger partial charge is 0.330 e. The minimum atomic E-state index is -1.63. The van der Waals surface area contributed by atoms with Crippen LogP contribution in [0.5, 0.6) is 0 Å². The van der Waals surface area contributed by atoms with Gasteiger partial charge in [0.25, 0.3) is 0 Å². The molecule has 0 aromatic heterocycles. The molecule has 0 aliphatic carbocycles. The summed E-state index contributed by atoms with van der Waals surface area (Å²) in [5.74, 6) is -0.410. The van der Waals surface area contributed by atoms with Crippen LogP contribution < -0.4 is 0 Å². The molecule has 1 unspecified atom stereocenters. The summed E-state index contributed by atoms with van der Waals surface area (Å²) in [5.41, 5.74) is 0. The van der Waals surface area contributed by atoms with Crippen molar-refractivity contribution in [3.63, 3.8) is 0 Å². The van der Waals surface area contributed by atoms with Crippen molar-refractivity contribution in [1.29, 1.82) is 0 Å². The molecule has 0 aromatic carbocycles. The molecule has 0 radical (unpaired) electrons. The topological polar surface area (TPSA) is 44.8 Å². The predicted octanol–water partition coefficient (Wildman–Crippen LogP) is 0.617. The Morgan fingerprint density at radius 2 is 2.08 bits per heavy atom. The zero-order valence-corrected chi connectivity index (χ0v) is 9.43. The van der Waals surface area contributed by atoms with Crippen LogP contribution in [0.25, 0.3) is 0 Å². The van der Waals surface area contributed by atoms with Crippen molar-refractivity contribution in [2.75, 3.05) is 14.2 Å². The monoisotopic (exact) mass is 204 g/mol. The summed E-state index contributed by atoms with van der Waals surface area (Å²) >= 11 is 0. The van der Waals surface area contributed by atoms with Gasteiger partial charge in [-0.2, -0.15) is 0 Å². The second kappa shape index (κ2) is 6.82. The van der Waals surface area contributed by atoms with E-state index in [1.807, 2.05) is 0 Å². The molecule has 0 rings (SSSR count). The van der Waals surface area contributed by atoms with E-state index in [1.54, 1.807) is 21.1 Å². The van der Waals surface area contributed by atoms with Gasteiger partial charge in [-0.3, -0.25) is 0 Å². The highest BCUT2D eigenvalue weighted by molar-refractivity contribution is 6.44. The minimum absolute atomic E-state index is 0.179. The fourth-order valence-corrected chi connectivity index (χ4v) is 2.07. The molecule has 0 heterocycles.